The zero-order valence-electron chi connectivity index (χ0n) is 11.3. The Morgan fingerprint density at radius 3 is 2.70 bits per heavy atom. The monoisotopic (exact) mass is 295 g/mol. The molecule has 20 heavy (non-hydrogen) atoms. The van der Waals surface area contributed by atoms with Crippen LogP contribution in [0.2, 0.25) is 0 Å². The van der Waals surface area contributed by atoms with Gasteiger partial charge >= 0.3 is 0 Å². The van der Waals surface area contributed by atoms with Crippen LogP contribution >= 0.6 is 11.6 Å². The van der Waals surface area contributed by atoms with Crippen LogP contribution in [0.3, 0.4) is 0 Å². The number of anilines is 1. The van der Waals surface area contributed by atoms with Crippen molar-refractivity contribution in [2.45, 2.75) is 39.3 Å². The maximum Gasteiger partial charge on any atom is 0.273 e. The van der Waals surface area contributed by atoms with E-state index in [1.807, 2.05) is 19.9 Å². The third kappa shape index (κ3) is 1.99. The first-order valence-electron chi connectivity index (χ1n) is 6.23. The van der Waals surface area contributed by atoms with Gasteiger partial charge in [-0.3, -0.25) is 9.69 Å². The van der Waals surface area contributed by atoms with Crippen LogP contribution in [0.25, 0.3) is 0 Å². The number of rotatable bonds is 3. The van der Waals surface area contributed by atoms with Gasteiger partial charge < -0.3 is 9.63 Å². The maximum atomic E-state index is 12.1. The molecule has 0 bridgehead atoms. The van der Waals surface area contributed by atoms with Crippen molar-refractivity contribution in [3.8, 4) is 6.07 Å². The highest BCUT2D eigenvalue weighted by atomic mass is 35.5. The minimum atomic E-state index is -1.21. The van der Waals surface area contributed by atoms with Crippen LogP contribution in [0.1, 0.15) is 44.4 Å². The van der Waals surface area contributed by atoms with Gasteiger partial charge in [0, 0.05) is 11.5 Å². The van der Waals surface area contributed by atoms with Crippen LogP contribution in [0.5, 0.6) is 0 Å². The van der Waals surface area contributed by atoms with Gasteiger partial charge in [0.05, 0.1) is 0 Å². The second-order valence-corrected chi connectivity index (χ2v) is 5.13. The lowest BCUT2D eigenvalue weighted by Gasteiger charge is -2.19. The number of aliphatic hydroxyl groups excluding tert-OH is 1. The SMILES string of the molecule is CCC1=C(Cl)C(=O)N(c2noc(C(C)C)c2C#N)C1O. The Hall–Kier alpha value is -1.84. The van der Waals surface area contributed by atoms with Crippen LogP contribution < -0.4 is 4.90 Å². The normalized spacial score (nSPS) is 19.1. The van der Waals surface area contributed by atoms with Crippen molar-refractivity contribution in [2.24, 2.45) is 0 Å². The zero-order valence-corrected chi connectivity index (χ0v) is 12.1. The molecule has 6 nitrogen and oxygen atoms in total. The Kier molecular flexibility index (Phi) is 3.84. The summed E-state index contributed by atoms with van der Waals surface area (Å²) < 4.78 is 5.12. The summed E-state index contributed by atoms with van der Waals surface area (Å²) in [4.78, 5) is 13.1. The Morgan fingerprint density at radius 2 is 2.25 bits per heavy atom. The van der Waals surface area contributed by atoms with Gasteiger partial charge in [-0.1, -0.05) is 37.5 Å². The minimum Gasteiger partial charge on any atom is -0.369 e. The summed E-state index contributed by atoms with van der Waals surface area (Å²) in [6, 6.07) is 1.97. The highest BCUT2D eigenvalue weighted by molar-refractivity contribution is 6.45. The van der Waals surface area contributed by atoms with Crippen molar-refractivity contribution >= 4 is 23.3 Å². The van der Waals surface area contributed by atoms with E-state index >= 15 is 0 Å². The Bertz CT molecular complexity index is 627. The molecular formula is C13H14ClN3O3. The van der Waals surface area contributed by atoms with E-state index in [0.717, 1.165) is 4.90 Å². The fourth-order valence-corrected chi connectivity index (χ4v) is 2.45. The summed E-state index contributed by atoms with van der Waals surface area (Å²) in [7, 11) is 0. The van der Waals surface area contributed by atoms with Gasteiger partial charge in [-0.15, -0.1) is 0 Å². The van der Waals surface area contributed by atoms with Gasteiger partial charge in [0.15, 0.2) is 17.8 Å². The van der Waals surface area contributed by atoms with Crippen molar-refractivity contribution in [2.75, 3.05) is 4.90 Å². The molecule has 7 heteroatoms. The van der Waals surface area contributed by atoms with Crippen molar-refractivity contribution in [1.29, 1.82) is 5.26 Å². The summed E-state index contributed by atoms with van der Waals surface area (Å²) in [6.45, 7) is 5.47. The van der Waals surface area contributed by atoms with E-state index in [0.29, 0.717) is 17.8 Å². The van der Waals surface area contributed by atoms with E-state index in [2.05, 4.69) is 5.16 Å². The molecule has 0 spiro atoms. The molecule has 2 rings (SSSR count). The number of hydrogen-bond acceptors (Lipinski definition) is 5. The molecule has 1 aliphatic heterocycles. The quantitative estimate of drug-likeness (QED) is 0.923. The lowest BCUT2D eigenvalue weighted by atomic mass is 10.1. The average Bonchev–Trinajstić information content (AvgIpc) is 2.90. The van der Waals surface area contributed by atoms with Crippen LogP contribution in [0, 0.1) is 11.3 Å². The van der Waals surface area contributed by atoms with Crippen molar-refractivity contribution in [3.05, 3.63) is 21.9 Å². The third-order valence-electron chi connectivity index (χ3n) is 3.19. The third-order valence-corrected chi connectivity index (χ3v) is 3.59. The average molecular weight is 296 g/mol. The second-order valence-electron chi connectivity index (χ2n) is 4.75. The van der Waals surface area contributed by atoms with Gasteiger partial charge in [0.2, 0.25) is 0 Å². The van der Waals surface area contributed by atoms with Gasteiger partial charge in [-0.2, -0.15) is 5.26 Å². The highest BCUT2D eigenvalue weighted by Gasteiger charge is 2.41. The molecule has 0 aliphatic carbocycles. The molecule has 1 aromatic rings. The smallest absolute Gasteiger partial charge is 0.273 e. The molecule has 0 radical (unpaired) electrons. The second kappa shape index (κ2) is 5.27. The first-order chi connectivity index (χ1) is 9.43. The number of aliphatic hydroxyl groups is 1. The lowest BCUT2D eigenvalue weighted by molar-refractivity contribution is -0.115. The molecule has 0 saturated heterocycles. The number of amides is 1. The molecule has 106 valence electrons. The number of nitriles is 1. The summed E-state index contributed by atoms with van der Waals surface area (Å²) in [5.41, 5.74) is 0.559. The van der Waals surface area contributed by atoms with Gasteiger partial charge in [-0.25, -0.2) is 0 Å². The van der Waals surface area contributed by atoms with Crippen LogP contribution in [-0.2, 0) is 4.79 Å². The Balaban J connectivity index is 2.50. The van der Waals surface area contributed by atoms with Crippen molar-refractivity contribution < 1.29 is 14.4 Å². The molecule has 0 saturated carbocycles. The van der Waals surface area contributed by atoms with E-state index in [4.69, 9.17) is 16.1 Å². The van der Waals surface area contributed by atoms with E-state index in [1.54, 1.807) is 6.92 Å². The standard InChI is InChI=1S/C13H14ClN3O3/c1-4-7-9(14)13(19)17(12(7)18)11-8(5-15)10(6(2)3)20-16-11/h6,12,18H,4H2,1-3H3. The Morgan fingerprint density at radius 1 is 1.60 bits per heavy atom. The van der Waals surface area contributed by atoms with E-state index in [9.17, 15) is 15.2 Å². The number of halogens is 1. The predicted molar refractivity (Wildman–Crippen MR) is 72.0 cm³/mol. The molecule has 1 unspecified atom stereocenters. The molecule has 1 N–H and O–H groups in total. The molecular weight excluding hydrogens is 282 g/mol. The van der Waals surface area contributed by atoms with Crippen molar-refractivity contribution in [3.63, 3.8) is 0 Å². The number of hydrogen-bond donors (Lipinski definition) is 1. The summed E-state index contributed by atoms with van der Waals surface area (Å²) in [6.07, 6.45) is -0.781. The molecule has 1 amide bonds. The van der Waals surface area contributed by atoms with Gasteiger partial charge in [0.1, 0.15) is 16.7 Å². The fourth-order valence-electron chi connectivity index (χ4n) is 2.13. The van der Waals surface area contributed by atoms with Crippen LogP contribution in [0.15, 0.2) is 15.1 Å². The number of aromatic nitrogens is 1. The molecule has 0 fully saturated rings. The number of carbonyl (C=O) groups is 1. The van der Waals surface area contributed by atoms with E-state index < -0.39 is 12.1 Å². The van der Waals surface area contributed by atoms with Gasteiger partial charge in [-0.05, 0) is 6.42 Å². The summed E-state index contributed by atoms with van der Waals surface area (Å²) >= 11 is 5.92. The Labute approximate surface area is 121 Å². The molecule has 0 aromatic carbocycles. The van der Waals surface area contributed by atoms with Crippen LogP contribution in [0.4, 0.5) is 5.82 Å². The lowest BCUT2D eigenvalue weighted by Crippen LogP contribution is -2.36. The topological polar surface area (TPSA) is 90.4 Å². The molecule has 1 aromatic heterocycles. The highest BCUT2D eigenvalue weighted by Crippen LogP contribution is 2.36. The first-order valence-corrected chi connectivity index (χ1v) is 6.61. The van der Waals surface area contributed by atoms with Crippen molar-refractivity contribution in [1.82, 2.24) is 5.16 Å². The zero-order chi connectivity index (χ0) is 15.0. The maximum absolute atomic E-state index is 12.1. The summed E-state index contributed by atoms with van der Waals surface area (Å²) in [5, 5.41) is 23.2. The van der Waals surface area contributed by atoms with E-state index in [-0.39, 0.29) is 22.3 Å². The molecule has 2 heterocycles. The van der Waals surface area contributed by atoms with Gasteiger partial charge in [0.25, 0.3) is 5.91 Å². The first kappa shape index (κ1) is 14.6. The fraction of sp³-hybridized carbons (Fsp3) is 0.462. The molecule has 1 atom stereocenters. The number of carbonyl (C=O) groups excluding carboxylic acids is 1. The number of nitrogens with zero attached hydrogens (tertiary/aromatic N) is 3. The largest absolute Gasteiger partial charge is 0.369 e. The van der Waals surface area contributed by atoms with Crippen LogP contribution in [-0.4, -0.2) is 22.4 Å². The molecule has 1 aliphatic rings. The summed E-state index contributed by atoms with van der Waals surface area (Å²) in [5.74, 6) is -0.246. The van der Waals surface area contributed by atoms with E-state index in [1.165, 1.54) is 0 Å². The predicted octanol–water partition coefficient (Wildman–Crippen LogP) is 2.24. The minimum absolute atomic E-state index is 0.00954.